The van der Waals surface area contributed by atoms with Gasteiger partial charge in [-0.2, -0.15) is 0 Å². The van der Waals surface area contributed by atoms with Crippen LogP contribution in [0.5, 0.6) is 0 Å². The first-order chi connectivity index (χ1) is 27.0. The van der Waals surface area contributed by atoms with Crippen LogP contribution in [0, 0.1) is 0 Å². The number of anilines is 3. The number of furan rings is 1. The second kappa shape index (κ2) is 12.1. The first kappa shape index (κ1) is 31.6. The molecule has 9 aromatic carbocycles. The van der Waals surface area contributed by atoms with Crippen molar-refractivity contribution >= 4 is 60.5 Å². The lowest BCUT2D eigenvalue weighted by Gasteiger charge is -2.29. The number of hydrogen-bond donors (Lipinski definition) is 0. The minimum Gasteiger partial charge on any atom is -0.455 e. The summed E-state index contributed by atoms with van der Waals surface area (Å²) in [5, 5.41) is 7.01. The molecule has 0 N–H and O–H groups in total. The highest BCUT2D eigenvalue weighted by atomic mass is 16.3. The van der Waals surface area contributed by atoms with Crippen LogP contribution < -0.4 is 4.90 Å². The Morgan fingerprint density at radius 2 is 1.05 bits per heavy atom. The quantitative estimate of drug-likeness (QED) is 0.177. The highest BCUT2D eigenvalue weighted by Crippen LogP contribution is 2.51. The van der Waals surface area contributed by atoms with Gasteiger partial charge >= 0.3 is 0 Å². The van der Waals surface area contributed by atoms with Gasteiger partial charge in [0, 0.05) is 44.6 Å². The Morgan fingerprint density at radius 1 is 0.418 bits per heavy atom. The fourth-order valence-electron chi connectivity index (χ4n) is 9.11. The number of nitrogens with zero attached hydrogens (tertiary/aromatic N) is 1. The number of fused-ring (bicyclic) bond motifs is 8. The minimum absolute atomic E-state index is 0.118. The van der Waals surface area contributed by atoms with E-state index in [4.69, 9.17) is 4.42 Å². The second-order valence-electron chi connectivity index (χ2n) is 15.3. The van der Waals surface area contributed by atoms with E-state index in [1.54, 1.807) is 0 Å². The molecule has 0 radical (unpaired) electrons. The van der Waals surface area contributed by atoms with E-state index in [-0.39, 0.29) is 5.41 Å². The molecule has 2 nitrogen and oxygen atoms in total. The molecule has 0 saturated heterocycles. The van der Waals surface area contributed by atoms with Crippen molar-refractivity contribution in [3.63, 3.8) is 0 Å². The Labute approximate surface area is 320 Å². The SMILES string of the molecule is CC1(C)c2ccccc2-c2ccc(N(c3ccc4c(c3)oc3c(-c5ccc(-c6ccccc6)cc5)c5ccccc5cc34)c3cccc4ccccc34)cc21. The van der Waals surface area contributed by atoms with Crippen molar-refractivity contribution < 1.29 is 4.42 Å². The zero-order chi connectivity index (χ0) is 36.7. The van der Waals surface area contributed by atoms with E-state index < -0.39 is 0 Å². The van der Waals surface area contributed by atoms with E-state index in [1.807, 2.05) is 0 Å². The maximum atomic E-state index is 7.03. The maximum Gasteiger partial charge on any atom is 0.143 e. The Bertz CT molecular complexity index is 3110. The molecule has 2 heteroatoms. The molecule has 0 spiro atoms. The summed E-state index contributed by atoms with van der Waals surface area (Å²) in [6.45, 7) is 4.70. The van der Waals surface area contributed by atoms with Crippen LogP contribution in [0.2, 0.25) is 0 Å². The summed E-state index contributed by atoms with van der Waals surface area (Å²) in [7, 11) is 0. The van der Waals surface area contributed by atoms with Crippen molar-refractivity contribution in [3.05, 3.63) is 199 Å². The molecule has 55 heavy (non-hydrogen) atoms. The van der Waals surface area contributed by atoms with E-state index in [2.05, 4.69) is 207 Å². The van der Waals surface area contributed by atoms with Gasteiger partial charge in [-0.15, -0.1) is 0 Å². The second-order valence-corrected chi connectivity index (χ2v) is 15.3. The third kappa shape index (κ3) is 4.88. The Kier molecular flexibility index (Phi) is 6.93. The lowest BCUT2D eigenvalue weighted by atomic mass is 9.82. The van der Waals surface area contributed by atoms with Crippen LogP contribution in [0.4, 0.5) is 17.1 Å². The van der Waals surface area contributed by atoms with Crippen LogP contribution in [0.15, 0.2) is 192 Å². The van der Waals surface area contributed by atoms with Gasteiger partial charge < -0.3 is 9.32 Å². The van der Waals surface area contributed by atoms with Gasteiger partial charge in [-0.25, -0.2) is 0 Å². The molecule has 260 valence electrons. The van der Waals surface area contributed by atoms with Crippen molar-refractivity contribution in [3.8, 4) is 33.4 Å². The molecule has 1 aliphatic rings. The van der Waals surface area contributed by atoms with Crippen LogP contribution in [0.25, 0.3) is 76.9 Å². The molecular formula is C53H37NO. The summed E-state index contributed by atoms with van der Waals surface area (Å²) < 4.78 is 7.03. The van der Waals surface area contributed by atoms with Crippen LogP contribution >= 0.6 is 0 Å². The van der Waals surface area contributed by atoms with Crippen molar-refractivity contribution in [1.29, 1.82) is 0 Å². The zero-order valence-electron chi connectivity index (χ0n) is 30.8. The van der Waals surface area contributed by atoms with E-state index in [0.29, 0.717) is 0 Å². The van der Waals surface area contributed by atoms with Gasteiger partial charge in [-0.1, -0.05) is 159 Å². The van der Waals surface area contributed by atoms with E-state index in [1.165, 1.54) is 54.9 Å². The standard InChI is InChI=1S/C53H37NO/c1-53(2)47-21-11-10-20-43(47)44-29-27-39(32-48(44)53)54(49-22-12-17-36-15-6-8-18-41(36)49)40-28-30-45-46-31-38-16-7-9-19-42(38)51(52(46)55-50(45)33-40)37-25-23-35(24-26-37)34-13-4-3-5-14-34/h3-33H,1-2H3. The van der Waals surface area contributed by atoms with Gasteiger partial charge in [0.15, 0.2) is 0 Å². The molecule has 0 atom stereocenters. The van der Waals surface area contributed by atoms with Crippen LogP contribution in [-0.2, 0) is 5.41 Å². The minimum atomic E-state index is -0.118. The molecular weight excluding hydrogens is 667 g/mol. The van der Waals surface area contributed by atoms with E-state index in [9.17, 15) is 0 Å². The van der Waals surface area contributed by atoms with Crippen molar-refractivity contribution in [2.75, 3.05) is 4.90 Å². The monoisotopic (exact) mass is 703 g/mol. The third-order valence-electron chi connectivity index (χ3n) is 11.8. The summed E-state index contributed by atoms with van der Waals surface area (Å²) in [6.07, 6.45) is 0. The Hall–Kier alpha value is -6.90. The first-order valence-electron chi connectivity index (χ1n) is 19.1. The fourth-order valence-corrected chi connectivity index (χ4v) is 9.11. The largest absolute Gasteiger partial charge is 0.455 e. The lowest BCUT2D eigenvalue weighted by molar-refractivity contribution is 0.660. The van der Waals surface area contributed by atoms with Crippen LogP contribution in [-0.4, -0.2) is 0 Å². The summed E-state index contributed by atoms with van der Waals surface area (Å²) in [4.78, 5) is 2.41. The smallest absolute Gasteiger partial charge is 0.143 e. The highest BCUT2D eigenvalue weighted by Gasteiger charge is 2.36. The van der Waals surface area contributed by atoms with Gasteiger partial charge in [-0.05, 0) is 91.5 Å². The molecule has 1 heterocycles. The van der Waals surface area contributed by atoms with Crippen molar-refractivity contribution in [2.45, 2.75) is 19.3 Å². The van der Waals surface area contributed by atoms with Crippen molar-refractivity contribution in [1.82, 2.24) is 0 Å². The molecule has 0 saturated carbocycles. The number of rotatable bonds is 5. The summed E-state index contributed by atoms with van der Waals surface area (Å²) in [5.74, 6) is 0. The molecule has 1 aromatic heterocycles. The Morgan fingerprint density at radius 3 is 1.91 bits per heavy atom. The molecule has 10 aromatic rings. The molecule has 0 unspecified atom stereocenters. The average molecular weight is 704 g/mol. The van der Waals surface area contributed by atoms with Crippen molar-refractivity contribution in [2.24, 2.45) is 0 Å². The highest BCUT2D eigenvalue weighted by molar-refractivity contribution is 6.18. The fraction of sp³-hybridized carbons (Fsp3) is 0.0566. The van der Waals surface area contributed by atoms with E-state index >= 15 is 0 Å². The summed E-state index contributed by atoms with van der Waals surface area (Å²) in [5.41, 5.74) is 15.0. The zero-order valence-corrected chi connectivity index (χ0v) is 30.8. The molecule has 0 bridgehead atoms. The first-order valence-corrected chi connectivity index (χ1v) is 19.1. The molecule has 0 amide bonds. The Balaban J connectivity index is 1.12. The maximum absolute atomic E-state index is 7.03. The molecule has 0 aliphatic heterocycles. The summed E-state index contributed by atoms with van der Waals surface area (Å²) in [6, 6.07) is 68.3. The third-order valence-corrected chi connectivity index (χ3v) is 11.8. The summed E-state index contributed by atoms with van der Waals surface area (Å²) >= 11 is 0. The molecule has 0 fully saturated rings. The number of benzene rings is 9. The van der Waals surface area contributed by atoms with Gasteiger partial charge in [0.2, 0.25) is 0 Å². The van der Waals surface area contributed by atoms with Crippen LogP contribution in [0.1, 0.15) is 25.0 Å². The molecule has 1 aliphatic carbocycles. The van der Waals surface area contributed by atoms with Gasteiger partial charge in [-0.3, -0.25) is 0 Å². The predicted molar refractivity (Wildman–Crippen MR) is 232 cm³/mol. The lowest BCUT2D eigenvalue weighted by Crippen LogP contribution is -2.16. The topological polar surface area (TPSA) is 16.4 Å². The molecule has 11 rings (SSSR count). The van der Waals surface area contributed by atoms with Gasteiger partial charge in [0.05, 0.1) is 5.69 Å². The predicted octanol–water partition coefficient (Wildman–Crippen LogP) is 15.0. The van der Waals surface area contributed by atoms with E-state index in [0.717, 1.165) is 50.1 Å². The van der Waals surface area contributed by atoms with Gasteiger partial charge in [0.25, 0.3) is 0 Å². The normalized spacial score (nSPS) is 13.1. The van der Waals surface area contributed by atoms with Gasteiger partial charge in [0.1, 0.15) is 11.2 Å². The number of hydrogen-bond acceptors (Lipinski definition) is 2. The van der Waals surface area contributed by atoms with Crippen LogP contribution in [0.3, 0.4) is 0 Å². The average Bonchev–Trinajstić information content (AvgIpc) is 3.71.